The van der Waals surface area contributed by atoms with Crippen LogP contribution in [0.1, 0.15) is 5.56 Å². The fourth-order valence-electron chi connectivity index (χ4n) is 4.18. The molecular formula is C26H20FN4O3S-. The second-order valence-corrected chi connectivity index (χ2v) is 8.30. The van der Waals surface area contributed by atoms with Gasteiger partial charge in [0.1, 0.15) is 17.2 Å². The van der Waals surface area contributed by atoms with E-state index in [1.165, 1.54) is 24.2 Å². The Bertz CT molecular complexity index is 1490. The molecule has 3 heterocycles. The molecule has 0 saturated carbocycles. The minimum Gasteiger partial charge on any atom is -0.748 e. The molecule has 9 heteroatoms. The zero-order valence-electron chi connectivity index (χ0n) is 18.6. The van der Waals surface area contributed by atoms with Crippen molar-refractivity contribution < 1.29 is 17.4 Å². The van der Waals surface area contributed by atoms with E-state index < -0.39 is 11.4 Å². The standard InChI is InChI=1S/C26H21FN4O3S/c1-31(34-35(32)33)22-11-10-20-23(17-12-15-28-16-13-17)25(18-6-8-19(27)9-7-18)30-26(20)24(22)21-5-3-2-4-14-29-21/h2-16,29-30H,1H3,(H,32,33)/p-1. The molecule has 4 aromatic rings. The number of benzene rings is 2. The van der Waals surface area contributed by atoms with Crippen LogP contribution in [-0.2, 0) is 15.6 Å². The molecule has 1 aliphatic rings. The lowest BCUT2D eigenvalue weighted by Gasteiger charge is -2.23. The highest BCUT2D eigenvalue weighted by Gasteiger charge is 2.23. The van der Waals surface area contributed by atoms with E-state index in [-0.39, 0.29) is 5.82 Å². The summed E-state index contributed by atoms with van der Waals surface area (Å²) < 4.78 is 41.2. The van der Waals surface area contributed by atoms with E-state index in [1.807, 2.05) is 42.5 Å². The third kappa shape index (κ3) is 4.52. The largest absolute Gasteiger partial charge is 0.748 e. The van der Waals surface area contributed by atoms with Gasteiger partial charge in [-0.3, -0.25) is 4.98 Å². The van der Waals surface area contributed by atoms with Gasteiger partial charge in [-0.2, -0.15) is 4.28 Å². The smallest absolute Gasteiger partial charge is 0.123 e. The number of aromatic nitrogens is 2. The maximum Gasteiger partial charge on any atom is 0.123 e. The molecule has 176 valence electrons. The highest BCUT2D eigenvalue weighted by atomic mass is 32.2. The summed E-state index contributed by atoms with van der Waals surface area (Å²) in [4.78, 5) is 7.67. The predicted octanol–water partition coefficient (Wildman–Crippen LogP) is 5.21. The first kappa shape index (κ1) is 22.7. The number of allylic oxidation sites excluding steroid dienone is 4. The molecule has 0 saturated heterocycles. The normalized spacial score (nSPS) is 13.9. The maximum atomic E-state index is 13.7. The van der Waals surface area contributed by atoms with E-state index in [2.05, 4.69) is 15.3 Å². The van der Waals surface area contributed by atoms with Gasteiger partial charge in [-0.05, 0) is 71.8 Å². The zero-order valence-corrected chi connectivity index (χ0v) is 19.4. The number of H-pyrrole nitrogens is 1. The first-order valence-electron chi connectivity index (χ1n) is 10.7. The number of fused-ring (bicyclic) bond motifs is 1. The van der Waals surface area contributed by atoms with Crippen molar-refractivity contribution >= 4 is 33.6 Å². The molecule has 0 spiro atoms. The predicted molar refractivity (Wildman–Crippen MR) is 135 cm³/mol. The SMILES string of the molecule is CN(OS(=O)[O-])c1ccc2c(-c3ccncc3)c(-c3ccc(F)cc3)[nH]c2c1C1=CC=CC=CN1. The second kappa shape index (κ2) is 9.67. The van der Waals surface area contributed by atoms with E-state index in [0.29, 0.717) is 11.3 Å². The molecule has 0 bridgehead atoms. The van der Waals surface area contributed by atoms with Crippen LogP contribution in [0.4, 0.5) is 10.1 Å². The van der Waals surface area contributed by atoms with Crippen LogP contribution in [0, 0.1) is 5.82 Å². The Kier molecular flexibility index (Phi) is 6.28. The van der Waals surface area contributed by atoms with Crippen molar-refractivity contribution in [3.05, 3.63) is 103 Å². The molecule has 7 nitrogen and oxygen atoms in total. The Labute approximate surface area is 203 Å². The van der Waals surface area contributed by atoms with Crippen molar-refractivity contribution in [2.75, 3.05) is 12.1 Å². The zero-order chi connectivity index (χ0) is 24.4. The Morgan fingerprint density at radius 2 is 1.74 bits per heavy atom. The molecule has 1 aliphatic heterocycles. The molecule has 5 rings (SSSR count). The summed E-state index contributed by atoms with van der Waals surface area (Å²) >= 11 is -2.75. The topological polar surface area (TPSA) is 93.3 Å². The Morgan fingerprint density at radius 1 is 0.971 bits per heavy atom. The molecule has 2 aromatic carbocycles. The fourth-order valence-corrected chi connectivity index (χ4v) is 4.45. The first-order valence-corrected chi connectivity index (χ1v) is 11.7. The van der Waals surface area contributed by atoms with Crippen LogP contribution >= 0.6 is 0 Å². The highest BCUT2D eigenvalue weighted by Crippen LogP contribution is 2.43. The van der Waals surface area contributed by atoms with Gasteiger partial charge in [0, 0.05) is 47.9 Å². The number of hydroxylamine groups is 1. The number of halogens is 1. The van der Waals surface area contributed by atoms with Gasteiger partial charge < -0.3 is 14.9 Å². The molecule has 0 amide bonds. The first-order chi connectivity index (χ1) is 17.0. The van der Waals surface area contributed by atoms with Crippen LogP contribution < -0.4 is 10.4 Å². The lowest BCUT2D eigenvalue weighted by Crippen LogP contribution is -2.21. The van der Waals surface area contributed by atoms with Crippen LogP contribution in [0.25, 0.3) is 39.0 Å². The summed E-state index contributed by atoms with van der Waals surface area (Å²) in [5, 5.41) is 5.35. The molecule has 1 unspecified atom stereocenters. The lowest BCUT2D eigenvalue weighted by molar-refractivity contribution is 0.289. The van der Waals surface area contributed by atoms with Gasteiger partial charge in [-0.1, -0.05) is 12.2 Å². The minimum absolute atomic E-state index is 0.325. The number of rotatable bonds is 6. The Balaban J connectivity index is 1.84. The average molecular weight is 488 g/mol. The van der Waals surface area contributed by atoms with E-state index >= 15 is 0 Å². The average Bonchev–Trinajstić information content (AvgIpc) is 3.03. The van der Waals surface area contributed by atoms with Crippen LogP contribution in [-0.4, -0.2) is 25.8 Å². The molecule has 1 atom stereocenters. The van der Waals surface area contributed by atoms with Crippen LogP contribution in [0.15, 0.2) is 91.4 Å². The van der Waals surface area contributed by atoms with Crippen molar-refractivity contribution in [2.24, 2.45) is 0 Å². The third-order valence-electron chi connectivity index (χ3n) is 5.66. The summed E-state index contributed by atoms with van der Waals surface area (Å²) in [5.74, 6) is -0.325. The number of hydrogen-bond donors (Lipinski definition) is 2. The molecule has 2 N–H and O–H groups in total. The van der Waals surface area contributed by atoms with Crippen molar-refractivity contribution in [3.8, 4) is 22.4 Å². The van der Waals surface area contributed by atoms with E-state index in [9.17, 15) is 13.2 Å². The molecular weight excluding hydrogens is 467 g/mol. The molecule has 0 fully saturated rings. The maximum absolute atomic E-state index is 13.7. The molecule has 0 radical (unpaired) electrons. The number of hydrogen-bond acceptors (Lipinski definition) is 6. The lowest BCUT2D eigenvalue weighted by atomic mass is 9.97. The summed E-state index contributed by atoms with van der Waals surface area (Å²) in [7, 11) is 1.52. The molecule has 0 aliphatic carbocycles. The van der Waals surface area contributed by atoms with E-state index in [4.69, 9.17) is 4.28 Å². The Morgan fingerprint density at radius 3 is 2.49 bits per heavy atom. The van der Waals surface area contributed by atoms with Crippen LogP contribution in [0.3, 0.4) is 0 Å². The third-order valence-corrected chi connectivity index (χ3v) is 6.00. The van der Waals surface area contributed by atoms with Crippen LogP contribution in [0.5, 0.6) is 0 Å². The van der Waals surface area contributed by atoms with Gasteiger partial charge in [0.25, 0.3) is 0 Å². The number of aromatic amines is 1. The number of nitrogens with zero attached hydrogens (tertiary/aromatic N) is 2. The number of anilines is 1. The van der Waals surface area contributed by atoms with Crippen molar-refractivity contribution in [3.63, 3.8) is 0 Å². The summed E-state index contributed by atoms with van der Waals surface area (Å²) in [6, 6.07) is 13.8. The van der Waals surface area contributed by atoms with Gasteiger partial charge >= 0.3 is 0 Å². The quantitative estimate of drug-likeness (QED) is 0.286. The van der Waals surface area contributed by atoms with E-state index in [0.717, 1.165) is 39.0 Å². The number of pyridine rings is 1. The summed E-state index contributed by atoms with van der Waals surface area (Å²) in [5.41, 5.74) is 6.15. The fraction of sp³-hybridized carbons (Fsp3) is 0.0385. The van der Waals surface area contributed by atoms with Gasteiger partial charge in [-0.15, -0.1) is 0 Å². The number of nitrogens with one attached hydrogen (secondary N) is 2. The molecule has 2 aromatic heterocycles. The summed E-state index contributed by atoms with van der Waals surface area (Å²) in [6.07, 6.45) is 12.7. The highest BCUT2D eigenvalue weighted by molar-refractivity contribution is 7.74. The van der Waals surface area contributed by atoms with Crippen molar-refractivity contribution in [2.45, 2.75) is 0 Å². The van der Waals surface area contributed by atoms with E-state index in [1.54, 1.807) is 36.8 Å². The van der Waals surface area contributed by atoms with Crippen molar-refractivity contribution in [1.29, 1.82) is 0 Å². The Hall–Kier alpha value is -4.05. The van der Waals surface area contributed by atoms with Gasteiger partial charge in [0.05, 0.1) is 16.9 Å². The monoisotopic (exact) mass is 487 g/mol. The second-order valence-electron chi connectivity index (χ2n) is 7.74. The van der Waals surface area contributed by atoms with Gasteiger partial charge in [-0.25, -0.2) is 13.7 Å². The van der Waals surface area contributed by atoms with Gasteiger partial charge in [0.2, 0.25) is 0 Å². The van der Waals surface area contributed by atoms with Crippen molar-refractivity contribution in [1.82, 2.24) is 15.3 Å². The van der Waals surface area contributed by atoms with Gasteiger partial charge in [0.15, 0.2) is 0 Å². The van der Waals surface area contributed by atoms with Crippen LogP contribution in [0.2, 0.25) is 0 Å². The minimum atomic E-state index is -2.75. The molecule has 35 heavy (non-hydrogen) atoms. The summed E-state index contributed by atoms with van der Waals surface area (Å²) in [6.45, 7) is 0.